The second kappa shape index (κ2) is 7.32. The normalized spacial score (nSPS) is 12.2. The fourth-order valence-electron chi connectivity index (χ4n) is 2.26. The number of aromatic nitrogens is 1. The number of H-pyrrole nitrogens is 1. The Morgan fingerprint density at radius 3 is 2.67 bits per heavy atom. The van der Waals surface area contributed by atoms with Crippen LogP contribution < -0.4 is 10.6 Å². The zero-order valence-electron chi connectivity index (χ0n) is 12.9. The van der Waals surface area contributed by atoms with Crippen LogP contribution in [0.2, 0.25) is 0 Å². The van der Waals surface area contributed by atoms with Crippen molar-refractivity contribution >= 4 is 34.4 Å². The summed E-state index contributed by atoms with van der Waals surface area (Å²) >= 11 is 0. The van der Waals surface area contributed by atoms with Gasteiger partial charge in [-0.25, -0.2) is 9.59 Å². The van der Waals surface area contributed by atoms with Crippen LogP contribution in [0.4, 0.5) is 5.69 Å². The third kappa shape index (κ3) is 3.92. The summed E-state index contributed by atoms with van der Waals surface area (Å²) in [7, 11) is 0. The van der Waals surface area contributed by atoms with Gasteiger partial charge < -0.3 is 25.8 Å². The molecule has 8 nitrogen and oxygen atoms in total. The monoisotopic (exact) mass is 331 g/mol. The molecule has 2 aromatic rings. The molecule has 2 rings (SSSR count). The first kappa shape index (κ1) is 17.1. The van der Waals surface area contributed by atoms with Gasteiger partial charge in [0, 0.05) is 29.2 Å². The number of benzene rings is 1. The SMILES string of the molecule is C/C=C/N[C@@H](Cc1c[nH]c2ccc(NC(=O)C(=O)O)cc12)C(=O)O. The number of anilines is 1. The molecule has 0 saturated carbocycles. The summed E-state index contributed by atoms with van der Waals surface area (Å²) in [6.45, 7) is 1.77. The van der Waals surface area contributed by atoms with E-state index in [2.05, 4.69) is 15.6 Å². The third-order valence-corrected chi connectivity index (χ3v) is 3.41. The van der Waals surface area contributed by atoms with Gasteiger partial charge in [0.15, 0.2) is 0 Å². The highest BCUT2D eigenvalue weighted by molar-refractivity contribution is 6.36. The third-order valence-electron chi connectivity index (χ3n) is 3.41. The molecule has 0 unspecified atom stereocenters. The first-order valence-electron chi connectivity index (χ1n) is 7.16. The number of rotatable bonds is 6. The van der Waals surface area contributed by atoms with Gasteiger partial charge in [0.2, 0.25) is 0 Å². The van der Waals surface area contributed by atoms with Gasteiger partial charge in [-0.05, 0) is 36.9 Å². The molecule has 0 fully saturated rings. The molecule has 1 aromatic heterocycles. The van der Waals surface area contributed by atoms with Crippen LogP contribution in [-0.4, -0.2) is 39.1 Å². The first-order valence-corrected chi connectivity index (χ1v) is 7.16. The molecular weight excluding hydrogens is 314 g/mol. The lowest BCUT2D eigenvalue weighted by Crippen LogP contribution is -2.35. The summed E-state index contributed by atoms with van der Waals surface area (Å²) < 4.78 is 0. The summed E-state index contributed by atoms with van der Waals surface area (Å²) in [5.41, 5.74) is 1.82. The van der Waals surface area contributed by atoms with E-state index in [0.29, 0.717) is 11.1 Å². The molecule has 1 heterocycles. The number of carbonyl (C=O) groups excluding carboxylic acids is 1. The number of carboxylic acids is 2. The maximum atomic E-state index is 11.3. The van der Waals surface area contributed by atoms with Crippen molar-refractivity contribution in [3.8, 4) is 0 Å². The van der Waals surface area contributed by atoms with E-state index in [4.69, 9.17) is 5.11 Å². The molecule has 1 aromatic carbocycles. The van der Waals surface area contributed by atoms with E-state index in [1.807, 2.05) is 0 Å². The van der Waals surface area contributed by atoms with Crippen LogP contribution in [0.15, 0.2) is 36.7 Å². The van der Waals surface area contributed by atoms with E-state index < -0.39 is 23.9 Å². The van der Waals surface area contributed by atoms with Crippen LogP contribution in [-0.2, 0) is 20.8 Å². The predicted octanol–water partition coefficient (Wildman–Crippen LogP) is 1.31. The van der Waals surface area contributed by atoms with Gasteiger partial charge in [-0.3, -0.25) is 4.79 Å². The lowest BCUT2D eigenvalue weighted by atomic mass is 10.0. The van der Waals surface area contributed by atoms with Gasteiger partial charge >= 0.3 is 17.8 Å². The van der Waals surface area contributed by atoms with Crippen LogP contribution >= 0.6 is 0 Å². The minimum absolute atomic E-state index is 0.218. The number of amides is 1. The lowest BCUT2D eigenvalue weighted by molar-refractivity contribution is -0.147. The number of aromatic amines is 1. The van der Waals surface area contributed by atoms with E-state index in [1.54, 1.807) is 43.6 Å². The largest absolute Gasteiger partial charge is 0.480 e. The van der Waals surface area contributed by atoms with Crippen molar-refractivity contribution in [2.24, 2.45) is 0 Å². The zero-order valence-corrected chi connectivity index (χ0v) is 12.9. The molecule has 5 N–H and O–H groups in total. The highest BCUT2D eigenvalue weighted by Crippen LogP contribution is 2.23. The smallest absolute Gasteiger partial charge is 0.394 e. The number of nitrogens with one attached hydrogen (secondary N) is 3. The van der Waals surface area contributed by atoms with Crippen LogP contribution in [0.1, 0.15) is 12.5 Å². The highest BCUT2D eigenvalue weighted by Gasteiger charge is 2.18. The van der Waals surface area contributed by atoms with Crippen molar-refractivity contribution in [1.29, 1.82) is 0 Å². The second-order valence-corrected chi connectivity index (χ2v) is 5.10. The van der Waals surface area contributed by atoms with Crippen molar-refractivity contribution in [3.05, 3.63) is 42.2 Å². The number of carbonyl (C=O) groups is 3. The Labute approximate surface area is 137 Å². The molecule has 0 aliphatic carbocycles. The Bertz CT molecular complexity index is 809. The second-order valence-electron chi connectivity index (χ2n) is 5.10. The fourth-order valence-corrected chi connectivity index (χ4v) is 2.26. The summed E-state index contributed by atoms with van der Waals surface area (Å²) in [5.74, 6) is -3.70. The Balaban J connectivity index is 2.28. The molecule has 1 atom stereocenters. The van der Waals surface area contributed by atoms with Crippen molar-refractivity contribution < 1.29 is 24.6 Å². The fraction of sp³-hybridized carbons (Fsp3) is 0.188. The molecule has 126 valence electrons. The highest BCUT2D eigenvalue weighted by atomic mass is 16.4. The summed E-state index contributed by atoms with van der Waals surface area (Å²) in [4.78, 5) is 36.2. The van der Waals surface area contributed by atoms with E-state index in [1.165, 1.54) is 0 Å². The van der Waals surface area contributed by atoms with Crippen LogP contribution in [0.25, 0.3) is 10.9 Å². The van der Waals surface area contributed by atoms with Gasteiger partial charge in [-0.2, -0.15) is 0 Å². The number of carboxylic acid groups (broad SMARTS) is 2. The molecular formula is C16H17N3O5. The summed E-state index contributed by atoms with van der Waals surface area (Å²) in [6, 6.07) is 4.05. The first-order chi connectivity index (χ1) is 11.4. The minimum Gasteiger partial charge on any atom is -0.480 e. The van der Waals surface area contributed by atoms with Gasteiger partial charge in [-0.15, -0.1) is 0 Å². The number of hydrogen-bond donors (Lipinski definition) is 5. The zero-order chi connectivity index (χ0) is 17.7. The Kier molecular flexibility index (Phi) is 5.20. The molecule has 0 saturated heterocycles. The van der Waals surface area contributed by atoms with Gasteiger partial charge in [0.25, 0.3) is 0 Å². The molecule has 8 heteroatoms. The number of hydrogen-bond acceptors (Lipinski definition) is 4. The van der Waals surface area contributed by atoms with E-state index in [0.717, 1.165) is 11.1 Å². The number of fused-ring (bicyclic) bond motifs is 1. The number of aliphatic carboxylic acids is 2. The van der Waals surface area contributed by atoms with Crippen LogP contribution in [0, 0.1) is 0 Å². The molecule has 0 bridgehead atoms. The molecule has 0 spiro atoms. The topological polar surface area (TPSA) is 132 Å². The molecule has 0 aliphatic heterocycles. The average Bonchev–Trinajstić information content (AvgIpc) is 2.93. The van der Waals surface area contributed by atoms with Crippen molar-refractivity contribution in [2.45, 2.75) is 19.4 Å². The number of allylic oxidation sites excluding steroid dienone is 1. The Morgan fingerprint density at radius 2 is 2.04 bits per heavy atom. The van der Waals surface area contributed by atoms with Crippen molar-refractivity contribution in [3.63, 3.8) is 0 Å². The molecule has 1 amide bonds. The lowest BCUT2D eigenvalue weighted by Gasteiger charge is -2.12. The van der Waals surface area contributed by atoms with Gasteiger partial charge in [0.05, 0.1) is 0 Å². The standard InChI is InChI=1S/C16H17N3O5/c1-2-5-17-13(15(21)22)6-9-8-18-12-4-3-10(7-11(9)12)19-14(20)16(23)24/h2-5,7-8,13,17-18H,6H2,1H3,(H,19,20)(H,21,22)(H,23,24)/b5-2+/t13-/m0/s1. The molecule has 24 heavy (non-hydrogen) atoms. The van der Waals surface area contributed by atoms with E-state index in [9.17, 15) is 19.5 Å². The van der Waals surface area contributed by atoms with Crippen LogP contribution in [0.3, 0.4) is 0 Å². The van der Waals surface area contributed by atoms with E-state index >= 15 is 0 Å². The maximum Gasteiger partial charge on any atom is 0.394 e. The predicted molar refractivity (Wildman–Crippen MR) is 87.6 cm³/mol. The maximum absolute atomic E-state index is 11.3. The van der Waals surface area contributed by atoms with Gasteiger partial charge in [-0.1, -0.05) is 6.08 Å². The Morgan fingerprint density at radius 1 is 1.29 bits per heavy atom. The van der Waals surface area contributed by atoms with Gasteiger partial charge in [0.1, 0.15) is 6.04 Å². The van der Waals surface area contributed by atoms with Crippen molar-refractivity contribution in [1.82, 2.24) is 10.3 Å². The minimum atomic E-state index is -1.58. The van der Waals surface area contributed by atoms with E-state index in [-0.39, 0.29) is 6.42 Å². The quantitative estimate of drug-likeness (QED) is 0.507. The van der Waals surface area contributed by atoms with Crippen LogP contribution in [0.5, 0.6) is 0 Å². The summed E-state index contributed by atoms with van der Waals surface area (Å²) in [6.07, 6.45) is 5.17. The summed E-state index contributed by atoms with van der Waals surface area (Å²) in [5, 5.41) is 23.7. The molecule has 0 aliphatic rings. The average molecular weight is 331 g/mol. The Hall–Kier alpha value is -3.29. The van der Waals surface area contributed by atoms with Crippen molar-refractivity contribution in [2.75, 3.05) is 5.32 Å². The molecule has 0 radical (unpaired) electrons.